The summed E-state index contributed by atoms with van der Waals surface area (Å²) in [5.74, 6) is 6.59. The first-order valence-corrected chi connectivity index (χ1v) is 12.7. The number of hydrogen-bond acceptors (Lipinski definition) is 4. The van der Waals surface area contributed by atoms with E-state index in [2.05, 4.69) is 29.3 Å². The molecule has 0 amide bonds. The molecule has 1 aliphatic carbocycles. The van der Waals surface area contributed by atoms with Crippen molar-refractivity contribution >= 4 is 23.1 Å². The van der Waals surface area contributed by atoms with Gasteiger partial charge in [-0.05, 0) is 97.5 Å². The number of carboxylic acids is 1. The second kappa shape index (κ2) is 12.5. The standard InChI is InChI=1S/C31H30ClNO4/c1-21-20-28(15-16-30(21)37-22(2)31(34)35)36-19-17-29(25-9-11-26(32)12-10-25)24-7-5-23(6-8-24)4-3-18-33-27-13-14-27/h5-12,15-17,20,22,27,33H,13-14,18-19H2,1-2H3,(H,34,35)/b29-17+. The molecular weight excluding hydrogens is 486 g/mol. The van der Waals surface area contributed by atoms with Crippen LogP contribution in [-0.4, -0.2) is 36.4 Å². The molecule has 5 nitrogen and oxygen atoms in total. The number of hydrogen-bond donors (Lipinski definition) is 2. The Balaban J connectivity index is 1.47. The van der Waals surface area contributed by atoms with Crippen molar-refractivity contribution < 1.29 is 19.4 Å². The van der Waals surface area contributed by atoms with Gasteiger partial charge in [-0.2, -0.15) is 0 Å². The maximum Gasteiger partial charge on any atom is 0.344 e. The smallest absolute Gasteiger partial charge is 0.344 e. The third-order valence-corrected chi connectivity index (χ3v) is 6.23. The molecule has 0 aromatic heterocycles. The van der Waals surface area contributed by atoms with Crippen LogP contribution in [0, 0.1) is 18.8 Å². The molecule has 2 N–H and O–H groups in total. The number of rotatable bonds is 10. The van der Waals surface area contributed by atoms with E-state index in [1.54, 1.807) is 12.1 Å². The minimum absolute atomic E-state index is 0.345. The van der Waals surface area contributed by atoms with Crippen molar-refractivity contribution in [3.8, 4) is 23.3 Å². The summed E-state index contributed by atoms with van der Waals surface area (Å²) in [7, 11) is 0. The van der Waals surface area contributed by atoms with Crippen molar-refractivity contribution in [3.05, 3.63) is 100 Å². The Morgan fingerprint density at radius 2 is 1.78 bits per heavy atom. The minimum atomic E-state index is -1.01. The Hall–Kier alpha value is -3.72. The van der Waals surface area contributed by atoms with Gasteiger partial charge in [0.2, 0.25) is 0 Å². The van der Waals surface area contributed by atoms with Gasteiger partial charge in [-0.3, -0.25) is 0 Å². The average Bonchev–Trinajstić information content (AvgIpc) is 3.72. The number of aliphatic carboxylic acids is 1. The summed E-state index contributed by atoms with van der Waals surface area (Å²) in [4.78, 5) is 11.1. The van der Waals surface area contributed by atoms with Gasteiger partial charge in [0.05, 0.1) is 6.54 Å². The van der Waals surface area contributed by atoms with Crippen LogP contribution in [0.25, 0.3) is 5.57 Å². The van der Waals surface area contributed by atoms with E-state index >= 15 is 0 Å². The van der Waals surface area contributed by atoms with E-state index in [1.165, 1.54) is 19.8 Å². The van der Waals surface area contributed by atoms with Crippen LogP contribution in [-0.2, 0) is 4.79 Å². The predicted octanol–water partition coefficient (Wildman–Crippen LogP) is 6.11. The van der Waals surface area contributed by atoms with Gasteiger partial charge in [-0.15, -0.1) is 0 Å². The summed E-state index contributed by atoms with van der Waals surface area (Å²) in [6, 6.07) is 21.9. The maximum atomic E-state index is 11.1. The molecule has 190 valence electrons. The second-order valence-corrected chi connectivity index (χ2v) is 9.43. The topological polar surface area (TPSA) is 67.8 Å². The van der Waals surface area contributed by atoms with Crippen molar-refractivity contribution in [2.75, 3.05) is 13.2 Å². The number of nitrogens with one attached hydrogen (secondary N) is 1. The van der Waals surface area contributed by atoms with Gasteiger partial charge in [0, 0.05) is 16.6 Å². The van der Waals surface area contributed by atoms with E-state index < -0.39 is 12.1 Å². The first-order chi connectivity index (χ1) is 17.9. The lowest BCUT2D eigenvalue weighted by molar-refractivity contribution is -0.144. The molecule has 0 spiro atoms. The van der Waals surface area contributed by atoms with Crippen LogP contribution in [0.1, 0.15) is 42.0 Å². The van der Waals surface area contributed by atoms with Gasteiger partial charge in [-0.1, -0.05) is 47.7 Å². The van der Waals surface area contributed by atoms with Crippen LogP contribution >= 0.6 is 11.6 Å². The van der Waals surface area contributed by atoms with Crippen LogP contribution < -0.4 is 14.8 Å². The van der Waals surface area contributed by atoms with E-state index in [0.717, 1.165) is 27.8 Å². The summed E-state index contributed by atoms with van der Waals surface area (Å²) in [6.45, 7) is 4.42. The van der Waals surface area contributed by atoms with Gasteiger partial charge in [0.15, 0.2) is 6.10 Å². The summed E-state index contributed by atoms with van der Waals surface area (Å²) >= 11 is 6.12. The highest BCUT2D eigenvalue weighted by molar-refractivity contribution is 6.30. The molecule has 0 saturated heterocycles. The SMILES string of the molecule is Cc1cc(OC/C=C(/c2ccc(Cl)cc2)c2ccc(C#CCNC3CC3)cc2)ccc1OC(C)C(=O)O. The molecule has 0 aliphatic heterocycles. The van der Waals surface area contributed by atoms with Crippen LogP contribution in [0.4, 0.5) is 0 Å². The largest absolute Gasteiger partial charge is 0.489 e. The monoisotopic (exact) mass is 515 g/mol. The Morgan fingerprint density at radius 1 is 1.11 bits per heavy atom. The summed E-state index contributed by atoms with van der Waals surface area (Å²) in [5, 5.41) is 13.2. The number of aryl methyl sites for hydroxylation is 1. The zero-order valence-electron chi connectivity index (χ0n) is 21.0. The minimum Gasteiger partial charge on any atom is -0.489 e. The predicted molar refractivity (Wildman–Crippen MR) is 147 cm³/mol. The fourth-order valence-electron chi connectivity index (χ4n) is 3.70. The zero-order chi connectivity index (χ0) is 26.2. The Bertz CT molecular complexity index is 1320. The normalized spacial score (nSPS) is 13.9. The molecule has 0 heterocycles. The van der Waals surface area contributed by atoms with Crippen LogP contribution in [0.5, 0.6) is 11.5 Å². The maximum absolute atomic E-state index is 11.1. The number of carboxylic acid groups (broad SMARTS) is 1. The molecule has 3 aromatic carbocycles. The van der Waals surface area contributed by atoms with E-state index in [9.17, 15) is 4.79 Å². The molecule has 4 rings (SSSR count). The van der Waals surface area contributed by atoms with Crippen molar-refractivity contribution in [1.29, 1.82) is 0 Å². The molecule has 1 saturated carbocycles. The summed E-state index contributed by atoms with van der Waals surface area (Å²) < 4.78 is 11.5. The molecule has 6 heteroatoms. The van der Waals surface area contributed by atoms with Crippen molar-refractivity contribution in [2.45, 2.75) is 38.8 Å². The van der Waals surface area contributed by atoms with Gasteiger partial charge < -0.3 is 19.9 Å². The van der Waals surface area contributed by atoms with Crippen molar-refractivity contribution in [1.82, 2.24) is 5.32 Å². The second-order valence-electron chi connectivity index (χ2n) is 9.00. The fourth-order valence-corrected chi connectivity index (χ4v) is 3.83. The van der Waals surface area contributed by atoms with Gasteiger partial charge in [0.25, 0.3) is 0 Å². The van der Waals surface area contributed by atoms with Crippen LogP contribution in [0.15, 0.2) is 72.8 Å². The van der Waals surface area contributed by atoms with E-state index in [-0.39, 0.29) is 0 Å². The molecular formula is C31H30ClNO4. The highest BCUT2D eigenvalue weighted by Crippen LogP contribution is 2.27. The van der Waals surface area contributed by atoms with E-state index in [1.807, 2.05) is 55.5 Å². The molecule has 3 aromatic rings. The number of halogens is 1. The third kappa shape index (κ3) is 7.88. The highest BCUT2D eigenvalue weighted by atomic mass is 35.5. The van der Waals surface area contributed by atoms with Crippen molar-refractivity contribution in [2.24, 2.45) is 0 Å². The van der Waals surface area contributed by atoms with E-state index in [0.29, 0.717) is 35.7 Å². The first kappa shape index (κ1) is 26.3. The number of benzene rings is 3. The number of ether oxygens (including phenoxy) is 2. The van der Waals surface area contributed by atoms with Crippen LogP contribution in [0.2, 0.25) is 5.02 Å². The molecule has 0 bridgehead atoms. The van der Waals surface area contributed by atoms with Gasteiger partial charge >= 0.3 is 5.97 Å². The first-order valence-electron chi connectivity index (χ1n) is 12.3. The molecule has 1 fully saturated rings. The lowest BCUT2D eigenvalue weighted by Crippen LogP contribution is -2.23. The summed E-state index contributed by atoms with van der Waals surface area (Å²) in [5.41, 5.74) is 4.89. The zero-order valence-corrected chi connectivity index (χ0v) is 21.7. The molecule has 1 atom stereocenters. The summed E-state index contributed by atoms with van der Waals surface area (Å²) in [6.07, 6.45) is 3.62. The lowest BCUT2D eigenvalue weighted by atomic mass is 9.97. The van der Waals surface area contributed by atoms with Crippen LogP contribution in [0.3, 0.4) is 0 Å². The Labute approximate surface area is 223 Å². The molecule has 0 radical (unpaired) electrons. The Morgan fingerprint density at radius 3 is 2.41 bits per heavy atom. The van der Waals surface area contributed by atoms with E-state index in [4.69, 9.17) is 26.2 Å². The molecule has 1 unspecified atom stereocenters. The van der Waals surface area contributed by atoms with Crippen molar-refractivity contribution in [3.63, 3.8) is 0 Å². The van der Waals surface area contributed by atoms with Gasteiger partial charge in [0.1, 0.15) is 18.1 Å². The third-order valence-electron chi connectivity index (χ3n) is 5.98. The molecule has 1 aliphatic rings. The molecule has 37 heavy (non-hydrogen) atoms. The quantitative estimate of drug-likeness (QED) is 0.319. The fraction of sp³-hybridized carbons (Fsp3) is 0.258. The van der Waals surface area contributed by atoms with Gasteiger partial charge in [-0.25, -0.2) is 4.79 Å². The highest BCUT2D eigenvalue weighted by Gasteiger charge is 2.19. The average molecular weight is 516 g/mol. The number of carbonyl (C=O) groups is 1. The lowest BCUT2D eigenvalue weighted by Gasteiger charge is -2.14. The Kier molecular flexibility index (Phi) is 8.90.